The molecule has 178 valence electrons. The number of methoxy groups -OCH3 is 1. The van der Waals surface area contributed by atoms with Crippen molar-refractivity contribution in [1.29, 1.82) is 0 Å². The van der Waals surface area contributed by atoms with Crippen LogP contribution in [0.2, 0.25) is 0 Å². The molecule has 7 heteroatoms. The van der Waals surface area contributed by atoms with E-state index in [-0.39, 0.29) is 11.8 Å². The molecule has 0 fully saturated rings. The Balaban J connectivity index is 1.49. The number of aromatic nitrogens is 1. The van der Waals surface area contributed by atoms with Gasteiger partial charge in [0.15, 0.2) is 0 Å². The Morgan fingerprint density at radius 2 is 1.91 bits per heavy atom. The molecule has 0 radical (unpaired) electrons. The van der Waals surface area contributed by atoms with Gasteiger partial charge in [-0.25, -0.2) is 9.18 Å². The number of hydrogen-bond donors (Lipinski definition) is 1. The predicted molar refractivity (Wildman–Crippen MR) is 136 cm³/mol. The highest BCUT2D eigenvalue weighted by atomic mass is 32.1. The molecule has 2 aliphatic rings. The van der Waals surface area contributed by atoms with Gasteiger partial charge >= 0.3 is 6.03 Å². The summed E-state index contributed by atoms with van der Waals surface area (Å²) in [7, 11) is 1.60. The smallest absolute Gasteiger partial charge is 0.322 e. The Kier molecular flexibility index (Phi) is 5.57. The SMILES string of the molecule is COc1cccc(NC(=O)N2Cc3c(sc4c3CCCC4)-n3cccc3[C@@H]2c2cccc(F)c2)c1. The Morgan fingerprint density at radius 3 is 2.77 bits per heavy atom. The number of ether oxygens (including phenoxy) is 1. The molecule has 1 atom stereocenters. The molecule has 5 nitrogen and oxygen atoms in total. The molecule has 1 aliphatic carbocycles. The van der Waals surface area contributed by atoms with E-state index >= 15 is 0 Å². The topological polar surface area (TPSA) is 46.5 Å². The molecule has 2 aromatic carbocycles. The Bertz CT molecular complexity index is 1410. The van der Waals surface area contributed by atoms with Crippen molar-refractivity contribution in [3.63, 3.8) is 0 Å². The first-order valence-electron chi connectivity index (χ1n) is 11.9. The van der Waals surface area contributed by atoms with E-state index in [4.69, 9.17) is 4.74 Å². The van der Waals surface area contributed by atoms with Crippen LogP contribution in [0.1, 0.15) is 46.1 Å². The highest BCUT2D eigenvalue weighted by Crippen LogP contribution is 2.44. The average Bonchev–Trinajstić information content (AvgIpc) is 3.46. The molecule has 6 rings (SSSR count). The van der Waals surface area contributed by atoms with Crippen LogP contribution in [0.5, 0.6) is 5.75 Å². The number of halogens is 1. The molecule has 0 spiro atoms. The van der Waals surface area contributed by atoms with E-state index in [0.717, 1.165) is 30.5 Å². The van der Waals surface area contributed by atoms with Crippen LogP contribution in [0.3, 0.4) is 0 Å². The standard InChI is InChI=1S/C28H26FN3O2S/c1-34-21-10-5-9-20(16-21)30-28(33)32-17-23-22-11-2-3-13-25(22)35-27(23)31-14-6-12-24(31)26(32)18-7-4-8-19(29)15-18/h4-10,12,14-16,26H,2-3,11,13,17H2,1H3,(H,30,33)/t26-/m0/s1. The number of anilines is 1. The number of amides is 2. The predicted octanol–water partition coefficient (Wildman–Crippen LogP) is 6.70. The number of nitrogens with zero attached hydrogens (tertiary/aromatic N) is 2. The van der Waals surface area contributed by atoms with E-state index in [1.165, 1.54) is 39.6 Å². The third-order valence-corrected chi connectivity index (χ3v) is 8.26. The van der Waals surface area contributed by atoms with Gasteiger partial charge in [0.2, 0.25) is 0 Å². The second kappa shape index (κ2) is 8.89. The first kappa shape index (κ1) is 21.9. The minimum atomic E-state index is -0.440. The summed E-state index contributed by atoms with van der Waals surface area (Å²) in [5, 5.41) is 4.24. The van der Waals surface area contributed by atoms with E-state index < -0.39 is 6.04 Å². The summed E-state index contributed by atoms with van der Waals surface area (Å²) in [6.45, 7) is 0.458. The molecular formula is C28H26FN3O2S. The number of aryl methyl sites for hydroxylation is 1. The summed E-state index contributed by atoms with van der Waals surface area (Å²) in [5.41, 5.74) is 4.94. The summed E-state index contributed by atoms with van der Waals surface area (Å²) in [6.07, 6.45) is 6.56. The van der Waals surface area contributed by atoms with Crippen LogP contribution in [-0.2, 0) is 19.4 Å². The maximum absolute atomic E-state index is 14.4. The summed E-state index contributed by atoms with van der Waals surface area (Å²) < 4.78 is 21.9. The molecule has 2 amide bonds. The molecule has 0 bridgehead atoms. The van der Waals surface area contributed by atoms with Gasteiger partial charge in [0, 0.05) is 28.4 Å². The molecular weight excluding hydrogens is 461 g/mol. The van der Waals surface area contributed by atoms with Gasteiger partial charge in [-0.15, -0.1) is 11.3 Å². The molecule has 3 heterocycles. The molecule has 4 aromatic rings. The van der Waals surface area contributed by atoms with Crippen LogP contribution in [0.15, 0.2) is 66.9 Å². The van der Waals surface area contributed by atoms with E-state index in [1.54, 1.807) is 19.2 Å². The third-order valence-electron chi connectivity index (χ3n) is 6.93. The summed E-state index contributed by atoms with van der Waals surface area (Å²) >= 11 is 1.84. The molecule has 2 aromatic heterocycles. The van der Waals surface area contributed by atoms with E-state index in [2.05, 4.69) is 16.1 Å². The van der Waals surface area contributed by atoms with Gasteiger partial charge in [0.25, 0.3) is 0 Å². The van der Waals surface area contributed by atoms with Crippen molar-refractivity contribution in [2.24, 2.45) is 0 Å². The van der Waals surface area contributed by atoms with Crippen molar-refractivity contribution in [2.45, 2.75) is 38.3 Å². The Morgan fingerprint density at radius 1 is 1.06 bits per heavy atom. The van der Waals surface area contributed by atoms with Gasteiger partial charge in [-0.3, -0.25) is 0 Å². The van der Waals surface area contributed by atoms with Crippen LogP contribution < -0.4 is 10.1 Å². The number of hydrogen-bond acceptors (Lipinski definition) is 3. The van der Waals surface area contributed by atoms with Crippen molar-refractivity contribution in [3.8, 4) is 10.8 Å². The van der Waals surface area contributed by atoms with Crippen molar-refractivity contribution >= 4 is 23.1 Å². The lowest BCUT2D eigenvalue weighted by Gasteiger charge is -2.31. The number of thiophene rings is 1. The molecule has 1 N–H and O–H groups in total. The Hall–Kier alpha value is -3.58. The monoisotopic (exact) mass is 487 g/mol. The van der Waals surface area contributed by atoms with Crippen LogP contribution >= 0.6 is 11.3 Å². The van der Waals surface area contributed by atoms with Gasteiger partial charge in [-0.05, 0) is 73.2 Å². The molecule has 0 saturated carbocycles. The van der Waals surface area contributed by atoms with E-state index in [0.29, 0.717) is 18.0 Å². The van der Waals surface area contributed by atoms with Gasteiger partial charge in [-0.2, -0.15) is 0 Å². The highest BCUT2D eigenvalue weighted by molar-refractivity contribution is 7.15. The zero-order valence-corrected chi connectivity index (χ0v) is 20.3. The van der Waals surface area contributed by atoms with Crippen LogP contribution in [-0.4, -0.2) is 22.6 Å². The Labute approximate surface area is 207 Å². The largest absolute Gasteiger partial charge is 0.497 e. The molecule has 0 unspecified atom stereocenters. The van der Waals surface area contributed by atoms with Crippen molar-refractivity contribution in [1.82, 2.24) is 9.47 Å². The second-order valence-electron chi connectivity index (χ2n) is 9.05. The fourth-order valence-corrected chi connectivity index (χ4v) is 6.71. The number of fused-ring (bicyclic) bond motifs is 5. The van der Waals surface area contributed by atoms with Crippen LogP contribution in [0.4, 0.5) is 14.9 Å². The highest BCUT2D eigenvalue weighted by Gasteiger charge is 2.36. The third kappa shape index (κ3) is 3.90. The van der Waals surface area contributed by atoms with Crippen molar-refractivity contribution in [2.75, 3.05) is 12.4 Å². The van der Waals surface area contributed by atoms with Crippen molar-refractivity contribution < 1.29 is 13.9 Å². The minimum absolute atomic E-state index is 0.233. The maximum atomic E-state index is 14.4. The fraction of sp³-hybridized carbons (Fsp3) is 0.250. The first-order chi connectivity index (χ1) is 17.1. The number of carbonyl (C=O) groups excluding carboxylic acids is 1. The van der Waals surface area contributed by atoms with Crippen LogP contribution in [0.25, 0.3) is 5.00 Å². The molecule has 1 aliphatic heterocycles. The average molecular weight is 488 g/mol. The summed E-state index contributed by atoms with van der Waals surface area (Å²) in [4.78, 5) is 17.2. The lowest BCUT2D eigenvalue weighted by molar-refractivity contribution is 0.194. The second-order valence-corrected chi connectivity index (χ2v) is 10.1. The zero-order valence-electron chi connectivity index (χ0n) is 19.5. The number of benzene rings is 2. The summed E-state index contributed by atoms with van der Waals surface area (Å²) in [5.74, 6) is 0.355. The van der Waals surface area contributed by atoms with Gasteiger partial charge in [0.05, 0.1) is 25.4 Å². The van der Waals surface area contributed by atoms with Crippen LogP contribution in [0, 0.1) is 5.82 Å². The normalized spacial score (nSPS) is 16.6. The summed E-state index contributed by atoms with van der Waals surface area (Å²) in [6, 6.07) is 17.3. The zero-order chi connectivity index (χ0) is 23.9. The maximum Gasteiger partial charge on any atom is 0.322 e. The van der Waals surface area contributed by atoms with Gasteiger partial charge in [0.1, 0.15) is 16.6 Å². The number of urea groups is 1. The number of carbonyl (C=O) groups is 1. The van der Waals surface area contributed by atoms with E-state index in [1.807, 2.05) is 52.6 Å². The van der Waals surface area contributed by atoms with Gasteiger partial charge in [-0.1, -0.05) is 18.2 Å². The fourth-order valence-electron chi connectivity index (χ4n) is 5.31. The van der Waals surface area contributed by atoms with Crippen molar-refractivity contribution in [3.05, 3.63) is 99.9 Å². The number of nitrogens with one attached hydrogen (secondary N) is 1. The first-order valence-corrected chi connectivity index (χ1v) is 12.7. The van der Waals surface area contributed by atoms with Gasteiger partial charge < -0.3 is 19.5 Å². The quantitative estimate of drug-likeness (QED) is 0.349. The lowest BCUT2D eigenvalue weighted by Crippen LogP contribution is -2.38. The molecule has 0 saturated heterocycles. The molecule has 35 heavy (non-hydrogen) atoms. The lowest BCUT2D eigenvalue weighted by atomic mass is 9.95. The minimum Gasteiger partial charge on any atom is -0.497 e. The van der Waals surface area contributed by atoms with E-state index in [9.17, 15) is 9.18 Å². The number of rotatable bonds is 3.